The first kappa shape index (κ1) is 16.6. The average Bonchev–Trinajstić information content (AvgIpc) is 2.45. The van der Waals surface area contributed by atoms with Crippen LogP contribution in [0.25, 0.3) is 0 Å². The second kappa shape index (κ2) is 7.50. The third-order valence-corrected chi connectivity index (χ3v) is 4.17. The Kier molecular flexibility index (Phi) is 5.94. The summed E-state index contributed by atoms with van der Waals surface area (Å²) >= 11 is 15.5. The van der Waals surface area contributed by atoms with Crippen molar-refractivity contribution in [3.8, 4) is 5.75 Å². The number of hydrogen-bond acceptors (Lipinski definition) is 2. The lowest BCUT2D eigenvalue weighted by molar-refractivity contribution is 0.220. The van der Waals surface area contributed by atoms with Crippen molar-refractivity contribution in [1.82, 2.24) is 0 Å². The highest BCUT2D eigenvalue weighted by molar-refractivity contribution is 9.10. The van der Waals surface area contributed by atoms with Gasteiger partial charge in [0.15, 0.2) is 0 Å². The molecule has 0 saturated carbocycles. The molecule has 0 aromatic heterocycles. The van der Waals surface area contributed by atoms with E-state index in [4.69, 9.17) is 27.9 Å². The molecule has 112 valence electrons. The molecule has 0 bridgehead atoms. The van der Waals surface area contributed by atoms with Gasteiger partial charge >= 0.3 is 0 Å². The Bertz CT molecular complexity index is 632. The summed E-state index contributed by atoms with van der Waals surface area (Å²) in [7, 11) is 0. The first-order valence-electron chi connectivity index (χ1n) is 6.58. The fourth-order valence-corrected chi connectivity index (χ4v) is 2.94. The lowest BCUT2D eigenvalue weighted by Crippen LogP contribution is -2.02. The van der Waals surface area contributed by atoms with E-state index in [0.29, 0.717) is 22.2 Å². The summed E-state index contributed by atoms with van der Waals surface area (Å²) in [6, 6.07) is 10.5. The van der Waals surface area contributed by atoms with Crippen molar-refractivity contribution in [2.24, 2.45) is 0 Å². The van der Waals surface area contributed by atoms with Crippen LogP contribution in [0.3, 0.4) is 0 Å². The summed E-state index contributed by atoms with van der Waals surface area (Å²) in [5.41, 5.74) is 1.35. The van der Waals surface area contributed by atoms with Crippen molar-refractivity contribution in [3.05, 3.63) is 62.0 Å². The van der Waals surface area contributed by atoms with Crippen LogP contribution in [0.1, 0.15) is 30.6 Å². The minimum atomic E-state index is -0.814. The van der Waals surface area contributed by atoms with Crippen LogP contribution >= 0.6 is 39.1 Å². The first-order chi connectivity index (χ1) is 10.0. The Labute approximate surface area is 142 Å². The normalized spacial score (nSPS) is 12.2. The van der Waals surface area contributed by atoms with Crippen LogP contribution in [0.4, 0.5) is 0 Å². The second-order valence-electron chi connectivity index (χ2n) is 4.61. The molecule has 0 aliphatic carbocycles. The number of rotatable bonds is 5. The molecule has 0 amide bonds. The lowest BCUT2D eigenvalue weighted by Gasteiger charge is -2.15. The highest BCUT2D eigenvalue weighted by atomic mass is 79.9. The van der Waals surface area contributed by atoms with Crippen molar-refractivity contribution >= 4 is 39.1 Å². The Morgan fingerprint density at radius 3 is 2.57 bits per heavy atom. The van der Waals surface area contributed by atoms with Gasteiger partial charge in [0.05, 0.1) is 11.1 Å². The van der Waals surface area contributed by atoms with Gasteiger partial charge in [-0.1, -0.05) is 42.3 Å². The Balaban J connectivity index is 2.27. The largest absolute Gasteiger partial charge is 0.492 e. The maximum absolute atomic E-state index is 10.5. The molecule has 0 aliphatic heterocycles. The van der Waals surface area contributed by atoms with Gasteiger partial charge in [-0.15, -0.1) is 0 Å². The van der Waals surface area contributed by atoms with E-state index < -0.39 is 6.10 Å². The number of aliphatic hydroxyl groups is 1. The van der Waals surface area contributed by atoms with E-state index in [-0.39, 0.29) is 0 Å². The highest BCUT2D eigenvalue weighted by Gasteiger charge is 2.15. The monoisotopic (exact) mass is 388 g/mol. The van der Waals surface area contributed by atoms with Crippen LogP contribution < -0.4 is 4.74 Å². The van der Waals surface area contributed by atoms with Gasteiger partial charge in [-0.05, 0) is 52.2 Å². The molecule has 0 radical (unpaired) electrons. The average molecular weight is 390 g/mol. The summed E-state index contributed by atoms with van der Waals surface area (Å²) in [5, 5.41) is 11.4. The van der Waals surface area contributed by atoms with Crippen LogP contribution in [-0.4, -0.2) is 11.7 Å². The Hall–Kier alpha value is -0.740. The molecule has 0 saturated heterocycles. The highest BCUT2D eigenvalue weighted by Crippen LogP contribution is 2.34. The fourth-order valence-electron chi connectivity index (χ4n) is 1.92. The van der Waals surface area contributed by atoms with Crippen molar-refractivity contribution in [3.63, 3.8) is 0 Å². The van der Waals surface area contributed by atoms with Crippen molar-refractivity contribution in [1.29, 1.82) is 0 Å². The third kappa shape index (κ3) is 4.13. The molecule has 1 N–H and O–H groups in total. The molecule has 2 aromatic rings. The van der Waals surface area contributed by atoms with E-state index in [1.807, 2.05) is 18.2 Å². The van der Waals surface area contributed by atoms with Gasteiger partial charge in [0.25, 0.3) is 0 Å². The van der Waals surface area contributed by atoms with Gasteiger partial charge < -0.3 is 9.84 Å². The second-order valence-corrected chi connectivity index (χ2v) is 6.30. The van der Waals surface area contributed by atoms with Crippen LogP contribution in [0.2, 0.25) is 10.0 Å². The van der Waals surface area contributed by atoms with E-state index in [1.54, 1.807) is 18.2 Å². The van der Waals surface area contributed by atoms with E-state index in [0.717, 1.165) is 22.2 Å². The van der Waals surface area contributed by atoms with Crippen LogP contribution in [0.5, 0.6) is 5.75 Å². The van der Waals surface area contributed by atoms with Gasteiger partial charge in [0.1, 0.15) is 11.9 Å². The molecule has 0 fully saturated rings. The van der Waals surface area contributed by atoms with Gasteiger partial charge in [-0.2, -0.15) is 0 Å². The van der Waals surface area contributed by atoms with Crippen molar-refractivity contribution < 1.29 is 9.84 Å². The van der Waals surface area contributed by atoms with Gasteiger partial charge in [-0.3, -0.25) is 0 Å². The zero-order valence-electron chi connectivity index (χ0n) is 11.4. The van der Waals surface area contributed by atoms with E-state index in [1.165, 1.54) is 0 Å². The maximum Gasteiger partial charge on any atom is 0.133 e. The fraction of sp³-hybridized carbons (Fsp3) is 0.250. The Morgan fingerprint density at radius 2 is 1.95 bits per heavy atom. The molecule has 0 aliphatic rings. The number of halogens is 3. The minimum Gasteiger partial charge on any atom is -0.492 e. The molecule has 1 atom stereocenters. The quantitative estimate of drug-likeness (QED) is 0.718. The number of ether oxygens (including phenoxy) is 1. The molecule has 5 heteroatoms. The molecule has 0 spiro atoms. The van der Waals surface area contributed by atoms with Crippen molar-refractivity contribution in [2.75, 3.05) is 6.61 Å². The molecular formula is C16H15BrCl2O2. The van der Waals surface area contributed by atoms with Crippen LogP contribution in [0, 0.1) is 0 Å². The smallest absolute Gasteiger partial charge is 0.133 e. The number of aliphatic hydroxyl groups excluding tert-OH is 1. The SMILES string of the molecule is CCCOc1ccc(C(O)c2ccc(Cl)cc2Cl)cc1Br. The summed E-state index contributed by atoms with van der Waals surface area (Å²) in [5.74, 6) is 0.759. The summed E-state index contributed by atoms with van der Waals surface area (Å²) in [6.45, 7) is 2.71. The molecule has 2 nitrogen and oxygen atoms in total. The van der Waals surface area contributed by atoms with E-state index in [2.05, 4.69) is 22.9 Å². The van der Waals surface area contributed by atoms with Crippen LogP contribution in [0.15, 0.2) is 40.9 Å². The molecule has 2 rings (SSSR count). The van der Waals surface area contributed by atoms with Crippen molar-refractivity contribution in [2.45, 2.75) is 19.4 Å². The summed E-state index contributed by atoms with van der Waals surface area (Å²) < 4.78 is 6.40. The Morgan fingerprint density at radius 1 is 1.19 bits per heavy atom. The molecule has 21 heavy (non-hydrogen) atoms. The number of benzene rings is 2. The first-order valence-corrected chi connectivity index (χ1v) is 8.13. The number of hydrogen-bond donors (Lipinski definition) is 1. The topological polar surface area (TPSA) is 29.5 Å². The van der Waals surface area contributed by atoms with E-state index >= 15 is 0 Å². The molecule has 1 unspecified atom stereocenters. The molecule has 2 aromatic carbocycles. The maximum atomic E-state index is 10.5. The predicted molar refractivity (Wildman–Crippen MR) is 90.5 cm³/mol. The zero-order valence-corrected chi connectivity index (χ0v) is 14.5. The minimum absolute atomic E-state index is 0.442. The molecular weight excluding hydrogens is 375 g/mol. The molecule has 0 heterocycles. The summed E-state index contributed by atoms with van der Waals surface area (Å²) in [6.07, 6.45) is 0.128. The van der Waals surface area contributed by atoms with Gasteiger partial charge in [-0.25, -0.2) is 0 Å². The zero-order chi connectivity index (χ0) is 15.4. The predicted octanol–water partition coefficient (Wildman–Crippen LogP) is 5.63. The standard InChI is InChI=1S/C16H15BrCl2O2/c1-2-7-21-15-6-3-10(8-13(15)17)16(20)12-5-4-11(18)9-14(12)19/h3-6,8-9,16,20H,2,7H2,1H3. The lowest BCUT2D eigenvalue weighted by atomic mass is 10.0. The van der Waals surface area contributed by atoms with Gasteiger partial charge in [0, 0.05) is 15.6 Å². The van der Waals surface area contributed by atoms with Crippen LogP contribution in [-0.2, 0) is 0 Å². The van der Waals surface area contributed by atoms with E-state index in [9.17, 15) is 5.11 Å². The van der Waals surface area contributed by atoms with Gasteiger partial charge in [0.2, 0.25) is 0 Å². The summed E-state index contributed by atoms with van der Waals surface area (Å²) in [4.78, 5) is 0. The third-order valence-electron chi connectivity index (χ3n) is 2.99.